The van der Waals surface area contributed by atoms with Crippen LogP contribution in [0.25, 0.3) is 0 Å². The lowest BCUT2D eigenvalue weighted by Crippen LogP contribution is -2.36. The zero-order valence-corrected chi connectivity index (χ0v) is 18.2. The Morgan fingerprint density at radius 1 is 1.00 bits per heavy atom. The standard InChI is InChI=1S/C23H29NO4S/c1-23(2,3)29(26,27)17-18-7-9-20(10-8-18)22(25)16-19-5-4-6-21(15-19)24-11-13-28-14-12-24/h4-10,15H,11-14,16-17H2,1-3H3. The zero-order valence-electron chi connectivity index (χ0n) is 17.3. The molecule has 0 saturated carbocycles. The number of carbonyl (C=O) groups is 1. The van der Waals surface area contributed by atoms with Gasteiger partial charge in [0, 0.05) is 30.8 Å². The van der Waals surface area contributed by atoms with Crippen LogP contribution in [0.15, 0.2) is 48.5 Å². The highest BCUT2D eigenvalue weighted by Crippen LogP contribution is 2.22. The SMILES string of the molecule is CC(C)(C)S(=O)(=O)Cc1ccc(C(=O)Cc2cccc(N3CCOCC3)c2)cc1. The van der Waals surface area contributed by atoms with Crippen molar-refractivity contribution in [2.75, 3.05) is 31.2 Å². The number of carbonyl (C=O) groups excluding carboxylic acids is 1. The van der Waals surface area contributed by atoms with Crippen LogP contribution in [0.3, 0.4) is 0 Å². The van der Waals surface area contributed by atoms with Crippen molar-refractivity contribution in [1.29, 1.82) is 0 Å². The van der Waals surface area contributed by atoms with Crippen molar-refractivity contribution in [2.45, 2.75) is 37.7 Å². The van der Waals surface area contributed by atoms with E-state index in [-0.39, 0.29) is 11.5 Å². The molecule has 2 aromatic rings. The molecule has 2 aromatic carbocycles. The molecule has 0 aromatic heterocycles. The van der Waals surface area contributed by atoms with Crippen LogP contribution < -0.4 is 4.90 Å². The number of ketones is 1. The molecule has 1 fully saturated rings. The van der Waals surface area contributed by atoms with Gasteiger partial charge in [0.2, 0.25) is 0 Å². The third-order valence-corrected chi connectivity index (χ3v) is 7.80. The number of morpholine rings is 1. The lowest BCUT2D eigenvalue weighted by atomic mass is 10.0. The molecule has 1 aliphatic rings. The van der Waals surface area contributed by atoms with Gasteiger partial charge in [-0.1, -0.05) is 36.4 Å². The Morgan fingerprint density at radius 3 is 2.28 bits per heavy atom. The van der Waals surface area contributed by atoms with Crippen LogP contribution in [0, 0.1) is 0 Å². The maximum absolute atomic E-state index is 12.7. The Kier molecular flexibility index (Phi) is 6.44. The molecule has 0 aliphatic carbocycles. The summed E-state index contributed by atoms with van der Waals surface area (Å²) in [5, 5.41) is 0. The van der Waals surface area contributed by atoms with E-state index >= 15 is 0 Å². The molecule has 0 bridgehead atoms. The minimum atomic E-state index is -3.25. The van der Waals surface area contributed by atoms with Gasteiger partial charge < -0.3 is 9.64 Å². The summed E-state index contributed by atoms with van der Waals surface area (Å²) in [4.78, 5) is 15.0. The maximum Gasteiger partial charge on any atom is 0.167 e. The second-order valence-corrected chi connectivity index (χ2v) is 11.2. The fraction of sp³-hybridized carbons (Fsp3) is 0.435. The molecular formula is C23H29NO4S. The average molecular weight is 416 g/mol. The molecule has 1 saturated heterocycles. The van der Waals surface area contributed by atoms with E-state index in [1.54, 1.807) is 45.0 Å². The monoisotopic (exact) mass is 415 g/mol. The number of Topliss-reactive ketones (excluding diaryl/α,β-unsaturated/α-hetero) is 1. The highest BCUT2D eigenvalue weighted by atomic mass is 32.2. The predicted molar refractivity (Wildman–Crippen MR) is 116 cm³/mol. The highest BCUT2D eigenvalue weighted by molar-refractivity contribution is 7.91. The van der Waals surface area contributed by atoms with E-state index in [9.17, 15) is 13.2 Å². The molecule has 0 amide bonds. The first-order valence-corrected chi connectivity index (χ1v) is 11.6. The maximum atomic E-state index is 12.7. The van der Waals surface area contributed by atoms with Crippen LogP contribution >= 0.6 is 0 Å². The first-order valence-electron chi connectivity index (χ1n) is 9.92. The molecule has 0 N–H and O–H groups in total. The Morgan fingerprint density at radius 2 is 1.66 bits per heavy atom. The Bertz CT molecular complexity index is 953. The highest BCUT2D eigenvalue weighted by Gasteiger charge is 2.28. The zero-order chi connectivity index (χ0) is 21.1. The number of sulfone groups is 1. The summed E-state index contributed by atoms with van der Waals surface area (Å²) in [6.45, 7) is 8.26. The van der Waals surface area contributed by atoms with Crippen molar-refractivity contribution in [1.82, 2.24) is 0 Å². The van der Waals surface area contributed by atoms with Gasteiger partial charge in [-0.05, 0) is 44.0 Å². The van der Waals surface area contributed by atoms with E-state index < -0.39 is 14.6 Å². The lowest BCUT2D eigenvalue weighted by Gasteiger charge is -2.29. The number of anilines is 1. The van der Waals surface area contributed by atoms with E-state index in [4.69, 9.17) is 4.74 Å². The minimum absolute atomic E-state index is 0.0213. The summed E-state index contributed by atoms with van der Waals surface area (Å²) < 4.78 is 29.3. The molecule has 3 rings (SSSR count). The van der Waals surface area contributed by atoms with Gasteiger partial charge in [0.1, 0.15) is 0 Å². The second-order valence-electron chi connectivity index (χ2n) is 8.44. The van der Waals surface area contributed by atoms with Gasteiger partial charge in [-0.15, -0.1) is 0 Å². The minimum Gasteiger partial charge on any atom is -0.378 e. The summed E-state index contributed by atoms with van der Waals surface area (Å²) in [6, 6.07) is 15.0. The number of nitrogens with zero attached hydrogens (tertiary/aromatic N) is 1. The number of benzene rings is 2. The molecule has 156 valence electrons. The molecule has 0 spiro atoms. The second kappa shape index (κ2) is 8.67. The van der Waals surface area contributed by atoms with E-state index in [2.05, 4.69) is 17.0 Å². The van der Waals surface area contributed by atoms with Crippen LogP contribution in [0.2, 0.25) is 0 Å². The van der Waals surface area contributed by atoms with Gasteiger partial charge in [0.15, 0.2) is 15.6 Å². The molecule has 6 heteroatoms. The first-order chi connectivity index (χ1) is 13.7. The molecule has 1 heterocycles. The number of hydrogen-bond donors (Lipinski definition) is 0. The smallest absolute Gasteiger partial charge is 0.167 e. The third kappa shape index (κ3) is 5.46. The number of rotatable bonds is 6. The largest absolute Gasteiger partial charge is 0.378 e. The van der Waals surface area contributed by atoms with Crippen molar-refractivity contribution in [3.8, 4) is 0 Å². The van der Waals surface area contributed by atoms with Crippen LogP contribution in [-0.2, 0) is 26.7 Å². The molecule has 0 radical (unpaired) electrons. The normalized spacial score (nSPS) is 15.3. The van der Waals surface area contributed by atoms with E-state index in [0.29, 0.717) is 17.5 Å². The van der Waals surface area contributed by atoms with Gasteiger partial charge >= 0.3 is 0 Å². The van der Waals surface area contributed by atoms with Gasteiger partial charge in [0.25, 0.3) is 0 Å². The van der Waals surface area contributed by atoms with Crippen molar-refractivity contribution in [3.05, 3.63) is 65.2 Å². The number of hydrogen-bond acceptors (Lipinski definition) is 5. The van der Waals surface area contributed by atoms with Gasteiger partial charge in [-0.25, -0.2) is 8.42 Å². The summed E-state index contributed by atoms with van der Waals surface area (Å²) in [6.07, 6.45) is 0.317. The third-order valence-electron chi connectivity index (χ3n) is 5.22. The van der Waals surface area contributed by atoms with Crippen LogP contribution in [-0.4, -0.2) is 45.3 Å². The average Bonchev–Trinajstić information content (AvgIpc) is 2.68. The summed E-state index contributed by atoms with van der Waals surface area (Å²) >= 11 is 0. The number of ether oxygens (including phenoxy) is 1. The van der Waals surface area contributed by atoms with E-state index in [0.717, 1.165) is 37.6 Å². The topological polar surface area (TPSA) is 63.7 Å². The van der Waals surface area contributed by atoms with Crippen molar-refractivity contribution >= 4 is 21.3 Å². The molecular weight excluding hydrogens is 386 g/mol. The quantitative estimate of drug-likeness (QED) is 0.674. The van der Waals surface area contributed by atoms with Crippen molar-refractivity contribution in [2.24, 2.45) is 0 Å². The van der Waals surface area contributed by atoms with Gasteiger partial charge in [0.05, 0.1) is 23.7 Å². The summed E-state index contributed by atoms with van der Waals surface area (Å²) in [7, 11) is -3.25. The summed E-state index contributed by atoms with van der Waals surface area (Å²) in [5.41, 5.74) is 3.38. The molecule has 29 heavy (non-hydrogen) atoms. The Balaban J connectivity index is 1.67. The molecule has 0 unspecified atom stereocenters. The molecule has 0 atom stereocenters. The van der Waals surface area contributed by atoms with E-state index in [1.807, 2.05) is 12.1 Å². The van der Waals surface area contributed by atoms with Crippen molar-refractivity contribution < 1.29 is 17.9 Å². The molecule has 1 aliphatic heterocycles. The van der Waals surface area contributed by atoms with Crippen LogP contribution in [0.1, 0.15) is 42.3 Å². The summed E-state index contributed by atoms with van der Waals surface area (Å²) in [5.74, 6) is 0.00129. The van der Waals surface area contributed by atoms with Crippen molar-refractivity contribution in [3.63, 3.8) is 0 Å². The van der Waals surface area contributed by atoms with E-state index in [1.165, 1.54) is 0 Å². The fourth-order valence-electron chi connectivity index (χ4n) is 3.19. The molecule has 5 nitrogen and oxygen atoms in total. The Labute approximate surface area is 173 Å². The Hall–Kier alpha value is -2.18. The first kappa shape index (κ1) is 21.5. The van der Waals surface area contributed by atoms with Gasteiger partial charge in [-0.3, -0.25) is 4.79 Å². The predicted octanol–water partition coefficient (Wildman–Crippen LogP) is 3.66. The van der Waals surface area contributed by atoms with Gasteiger partial charge in [-0.2, -0.15) is 0 Å². The van der Waals surface area contributed by atoms with Crippen LogP contribution in [0.5, 0.6) is 0 Å². The van der Waals surface area contributed by atoms with Crippen LogP contribution in [0.4, 0.5) is 5.69 Å². The fourth-order valence-corrected chi connectivity index (χ4v) is 4.26. The lowest BCUT2D eigenvalue weighted by molar-refractivity contribution is 0.0993.